The lowest BCUT2D eigenvalue weighted by Crippen LogP contribution is -2.27. The summed E-state index contributed by atoms with van der Waals surface area (Å²) in [4.78, 5) is 24.2. The number of rotatable bonds is 4. The highest BCUT2D eigenvalue weighted by molar-refractivity contribution is 5.98. The molecule has 2 rings (SSSR count). The number of amides is 1. The lowest BCUT2D eigenvalue weighted by atomic mass is 9.98. The Morgan fingerprint density at radius 1 is 1.04 bits per heavy atom. The number of hydrogen-bond donors (Lipinski definition) is 1. The predicted molar refractivity (Wildman–Crippen MR) is 89.6 cm³/mol. The van der Waals surface area contributed by atoms with Crippen LogP contribution in [0.15, 0.2) is 42.5 Å². The Labute approximate surface area is 136 Å². The molecule has 23 heavy (non-hydrogen) atoms. The molecule has 0 fully saturated rings. The molecular weight excluding hydrogens is 290 g/mol. The fraction of sp³-hybridized carbons (Fsp3) is 0.263. The second-order valence-corrected chi connectivity index (χ2v) is 5.58. The number of esters is 1. The highest BCUT2D eigenvalue weighted by Gasteiger charge is 2.17. The van der Waals surface area contributed by atoms with E-state index in [4.69, 9.17) is 4.74 Å². The van der Waals surface area contributed by atoms with Crippen LogP contribution < -0.4 is 5.32 Å². The molecule has 0 saturated carbocycles. The molecule has 120 valence electrons. The molecular formula is C19H21NO3. The molecule has 0 aliphatic heterocycles. The summed E-state index contributed by atoms with van der Waals surface area (Å²) < 4.78 is 4.78. The average molecular weight is 311 g/mol. The number of carbonyl (C=O) groups is 2. The standard InChI is InChI=1S/C19H21NO3/c1-12-10-16(11-13(2)17(12)19(22)23-4)18(21)20-14(3)15-8-6-5-7-9-15/h5-11,14H,1-4H3,(H,20,21). The predicted octanol–water partition coefficient (Wildman–Crippen LogP) is 3.58. The maximum atomic E-state index is 12.5. The van der Waals surface area contributed by atoms with E-state index >= 15 is 0 Å². The Morgan fingerprint density at radius 3 is 2.13 bits per heavy atom. The van der Waals surface area contributed by atoms with Gasteiger partial charge in [-0.2, -0.15) is 0 Å². The number of ether oxygens (including phenoxy) is 1. The minimum absolute atomic E-state index is 0.0930. The van der Waals surface area contributed by atoms with Crippen LogP contribution in [0.25, 0.3) is 0 Å². The highest BCUT2D eigenvalue weighted by Crippen LogP contribution is 2.19. The lowest BCUT2D eigenvalue weighted by Gasteiger charge is -2.16. The molecule has 1 N–H and O–H groups in total. The average Bonchev–Trinajstić information content (AvgIpc) is 2.54. The van der Waals surface area contributed by atoms with Crippen LogP contribution in [0, 0.1) is 13.8 Å². The number of carbonyl (C=O) groups excluding carboxylic acids is 2. The first-order chi connectivity index (χ1) is 10.9. The van der Waals surface area contributed by atoms with E-state index in [2.05, 4.69) is 5.32 Å². The Kier molecular flexibility index (Phi) is 5.16. The summed E-state index contributed by atoms with van der Waals surface area (Å²) in [7, 11) is 1.35. The Balaban J connectivity index is 2.22. The summed E-state index contributed by atoms with van der Waals surface area (Å²) in [6.07, 6.45) is 0. The van der Waals surface area contributed by atoms with Crippen LogP contribution in [0.4, 0.5) is 0 Å². The highest BCUT2D eigenvalue weighted by atomic mass is 16.5. The van der Waals surface area contributed by atoms with Gasteiger partial charge in [0.15, 0.2) is 0 Å². The van der Waals surface area contributed by atoms with E-state index in [0.29, 0.717) is 11.1 Å². The summed E-state index contributed by atoms with van der Waals surface area (Å²) in [5.41, 5.74) is 3.56. The summed E-state index contributed by atoms with van der Waals surface area (Å²) in [5.74, 6) is -0.548. The van der Waals surface area contributed by atoms with Gasteiger partial charge in [-0.3, -0.25) is 4.79 Å². The Hall–Kier alpha value is -2.62. The second kappa shape index (κ2) is 7.09. The van der Waals surface area contributed by atoms with E-state index in [1.807, 2.05) is 37.3 Å². The topological polar surface area (TPSA) is 55.4 Å². The quantitative estimate of drug-likeness (QED) is 0.878. The van der Waals surface area contributed by atoms with E-state index in [1.165, 1.54) is 7.11 Å². The van der Waals surface area contributed by atoms with Crippen molar-refractivity contribution in [2.75, 3.05) is 7.11 Å². The van der Waals surface area contributed by atoms with Crippen molar-refractivity contribution in [2.24, 2.45) is 0 Å². The first kappa shape index (κ1) is 16.7. The van der Waals surface area contributed by atoms with Gasteiger partial charge in [-0.15, -0.1) is 0 Å². The molecule has 0 saturated heterocycles. The van der Waals surface area contributed by atoms with E-state index < -0.39 is 0 Å². The molecule has 1 atom stereocenters. The van der Waals surface area contributed by atoms with Gasteiger partial charge >= 0.3 is 5.97 Å². The molecule has 0 aromatic heterocycles. The molecule has 1 amide bonds. The summed E-state index contributed by atoms with van der Waals surface area (Å²) >= 11 is 0. The van der Waals surface area contributed by atoms with Gasteiger partial charge in [0.25, 0.3) is 5.91 Å². The zero-order chi connectivity index (χ0) is 17.0. The van der Waals surface area contributed by atoms with Crippen molar-refractivity contribution in [2.45, 2.75) is 26.8 Å². The first-order valence-corrected chi connectivity index (χ1v) is 7.49. The van der Waals surface area contributed by atoms with Gasteiger partial charge in [-0.25, -0.2) is 4.79 Å². The summed E-state index contributed by atoms with van der Waals surface area (Å²) in [6.45, 7) is 5.54. The van der Waals surface area contributed by atoms with Crippen molar-refractivity contribution in [3.05, 3.63) is 70.3 Å². The van der Waals surface area contributed by atoms with Crippen molar-refractivity contribution in [1.29, 1.82) is 0 Å². The summed E-state index contributed by atoms with van der Waals surface area (Å²) in [6, 6.07) is 13.1. The molecule has 4 heteroatoms. The fourth-order valence-electron chi connectivity index (χ4n) is 2.62. The monoisotopic (exact) mass is 311 g/mol. The number of methoxy groups -OCH3 is 1. The van der Waals surface area contributed by atoms with Crippen molar-refractivity contribution >= 4 is 11.9 Å². The third kappa shape index (κ3) is 3.77. The van der Waals surface area contributed by atoms with E-state index in [1.54, 1.807) is 26.0 Å². The van der Waals surface area contributed by atoms with Gasteiger partial charge in [-0.1, -0.05) is 30.3 Å². The molecule has 0 radical (unpaired) electrons. The third-order valence-corrected chi connectivity index (χ3v) is 3.83. The molecule has 4 nitrogen and oxygen atoms in total. The van der Waals surface area contributed by atoms with Crippen LogP contribution in [-0.2, 0) is 4.74 Å². The number of benzene rings is 2. The molecule has 0 aliphatic carbocycles. The van der Waals surface area contributed by atoms with Gasteiger partial charge in [0, 0.05) is 5.56 Å². The minimum atomic E-state index is -0.385. The SMILES string of the molecule is COC(=O)c1c(C)cc(C(=O)NC(C)c2ccccc2)cc1C. The smallest absolute Gasteiger partial charge is 0.338 e. The van der Waals surface area contributed by atoms with Gasteiger partial charge < -0.3 is 10.1 Å². The van der Waals surface area contributed by atoms with Crippen molar-refractivity contribution in [3.63, 3.8) is 0 Å². The Morgan fingerprint density at radius 2 is 1.61 bits per heavy atom. The molecule has 1 unspecified atom stereocenters. The maximum Gasteiger partial charge on any atom is 0.338 e. The molecule has 2 aromatic carbocycles. The molecule has 0 heterocycles. The lowest BCUT2D eigenvalue weighted by molar-refractivity contribution is 0.0598. The van der Waals surface area contributed by atoms with E-state index in [9.17, 15) is 9.59 Å². The first-order valence-electron chi connectivity index (χ1n) is 7.49. The van der Waals surface area contributed by atoms with Gasteiger partial charge in [0.05, 0.1) is 18.7 Å². The molecule has 0 aliphatic rings. The largest absolute Gasteiger partial charge is 0.465 e. The summed E-state index contributed by atoms with van der Waals surface area (Å²) in [5, 5.41) is 2.97. The fourth-order valence-corrected chi connectivity index (χ4v) is 2.62. The van der Waals surface area contributed by atoms with Crippen LogP contribution in [0.5, 0.6) is 0 Å². The maximum absolute atomic E-state index is 12.5. The molecule has 0 bridgehead atoms. The van der Waals surface area contributed by atoms with Crippen molar-refractivity contribution in [1.82, 2.24) is 5.32 Å². The van der Waals surface area contributed by atoms with Gasteiger partial charge in [-0.05, 0) is 49.6 Å². The van der Waals surface area contributed by atoms with Gasteiger partial charge in [0.1, 0.15) is 0 Å². The van der Waals surface area contributed by atoms with Gasteiger partial charge in [0.2, 0.25) is 0 Å². The van der Waals surface area contributed by atoms with Crippen LogP contribution in [-0.4, -0.2) is 19.0 Å². The van der Waals surface area contributed by atoms with E-state index in [-0.39, 0.29) is 17.9 Å². The van der Waals surface area contributed by atoms with Crippen LogP contribution in [0.2, 0.25) is 0 Å². The van der Waals surface area contributed by atoms with Crippen molar-refractivity contribution in [3.8, 4) is 0 Å². The Bertz CT molecular complexity index is 700. The number of nitrogens with one attached hydrogen (secondary N) is 1. The van der Waals surface area contributed by atoms with Crippen LogP contribution in [0.3, 0.4) is 0 Å². The number of aryl methyl sites for hydroxylation is 2. The molecule has 0 spiro atoms. The second-order valence-electron chi connectivity index (χ2n) is 5.58. The zero-order valence-corrected chi connectivity index (χ0v) is 13.8. The number of hydrogen-bond acceptors (Lipinski definition) is 3. The van der Waals surface area contributed by atoms with Crippen LogP contribution in [0.1, 0.15) is 50.4 Å². The zero-order valence-electron chi connectivity index (χ0n) is 13.8. The minimum Gasteiger partial charge on any atom is -0.465 e. The molecule has 2 aromatic rings. The third-order valence-electron chi connectivity index (χ3n) is 3.83. The normalized spacial score (nSPS) is 11.7. The van der Waals surface area contributed by atoms with E-state index in [0.717, 1.165) is 16.7 Å². The van der Waals surface area contributed by atoms with Crippen molar-refractivity contribution < 1.29 is 14.3 Å². The van der Waals surface area contributed by atoms with Crippen LogP contribution >= 0.6 is 0 Å².